The molecule has 3 fully saturated rings. The van der Waals surface area contributed by atoms with Gasteiger partial charge in [0.05, 0.1) is 18.0 Å². The van der Waals surface area contributed by atoms with Crippen molar-refractivity contribution < 1.29 is 32.8 Å². The van der Waals surface area contributed by atoms with Gasteiger partial charge in [-0.3, -0.25) is 4.90 Å². The first-order valence-corrected chi connectivity index (χ1v) is 11.9. The van der Waals surface area contributed by atoms with Crippen molar-refractivity contribution in [3.63, 3.8) is 0 Å². The van der Waals surface area contributed by atoms with Crippen molar-refractivity contribution in [2.24, 2.45) is 0 Å². The number of rotatable bonds is 6. The van der Waals surface area contributed by atoms with Crippen molar-refractivity contribution in [2.75, 3.05) is 19.7 Å². The lowest BCUT2D eigenvalue weighted by atomic mass is 9.97. The van der Waals surface area contributed by atoms with Crippen LogP contribution in [0.5, 0.6) is 0 Å². The number of fused-ring (bicyclic) bond motifs is 2. The zero-order valence-corrected chi connectivity index (χ0v) is 20.0. The van der Waals surface area contributed by atoms with E-state index >= 15 is 0 Å². The molecule has 188 valence electrons. The maximum Gasteiger partial charge on any atom is 0.260 e. The van der Waals surface area contributed by atoms with E-state index < -0.39 is 55.1 Å². The van der Waals surface area contributed by atoms with Crippen molar-refractivity contribution in [1.82, 2.24) is 19.4 Å². The molecule has 5 heterocycles. The molecule has 2 aromatic rings. The molecule has 0 radical (unpaired) electrons. The molecule has 3 aliphatic rings. The number of halogens is 3. The van der Waals surface area contributed by atoms with Gasteiger partial charge in [0.25, 0.3) is 5.92 Å². The molecular weight excluding hydrogens is 474 g/mol. The number of alkyl halides is 2. The lowest BCUT2D eigenvalue weighted by molar-refractivity contribution is -0.209. The molecule has 2 unspecified atom stereocenters. The van der Waals surface area contributed by atoms with E-state index in [4.69, 9.17) is 30.5 Å². The van der Waals surface area contributed by atoms with Gasteiger partial charge < -0.3 is 28.6 Å². The van der Waals surface area contributed by atoms with Crippen LogP contribution in [0.15, 0.2) is 18.6 Å². The van der Waals surface area contributed by atoms with E-state index in [1.165, 1.54) is 6.33 Å². The number of piperidine rings is 1. The molecule has 0 aliphatic carbocycles. The van der Waals surface area contributed by atoms with E-state index in [0.717, 1.165) is 0 Å². The van der Waals surface area contributed by atoms with Crippen LogP contribution in [0, 0.1) is 0 Å². The molecule has 0 spiro atoms. The minimum absolute atomic E-state index is 0.110. The summed E-state index contributed by atoms with van der Waals surface area (Å²) in [5.41, 5.74) is 0.576. The average Bonchev–Trinajstić information content (AvgIpc) is 3.40. The average molecular weight is 503 g/mol. The third-order valence-corrected chi connectivity index (χ3v) is 6.95. The summed E-state index contributed by atoms with van der Waals surface area (Å²) < 4.78 is 54.6. The van der Waals surface area contributed by atoms with E-state index in [1.807, 2.05) is 18.4 Å². The zero-order valence-electron chi connectivity index (χ0n) is 19.2. The van der Waals surface area contributed by atoms with E-state index in [9.17, 15) is 13.9 Å². The SMILES string of the molecule is CCOC(O)C1CCC(F)(F)CN1C[C@H]1O[C@@H](n2ccc3c(Cl)ncnc32)[C@@H]2OC(C)(C)O[C@@H]21. The van der Waals surface area contributed by atoms with Gasteiger partial charge in [-0.2, -0.15) is 0 Å². The third kappa shape index (κ3) is 4.43. The Kier molecular flexibility index (Phi) is 6.33. The fraction of sp³-hybridized carbons (Fsp3) is 0.727. The third-order valence-electron chi connectivity index (χ3n) is 6.65. The molecule has 3 aliphatic heterocycles. The summed E-state index contributed by atoms with van der Waals surface area (Å²) in [7, 11) is 0. The second-order valence-electron chi connectivity index (χ2n) is 9.49. The first-order valence-electron chi connectivity index (χ1n) is 11.5. The van der Waals surface area contributed by atoms with Crippen LogP contribution >= 0.6 is 11.6 Å². The first-order chi connectivity index (χ1) is 16.1. The van der Waals surface area contributed by atoms with Gasteiger partial charge in [0.2, 0.25) is 0 Å². The monoisotopic (exact) mass is 502 g/mol. The Balaban J connectivity index is 1.43. The van der Waals surface area contributed by atoms with Crippen LogP contribution in [0.4, 0.5) is 8.78 Å². The molecule has 0 saturated carbocycles. The molecule has 5 rings (SSSR count). The topological polar surface area (TPSA) is 91.1 Å². The highest BCUT2D eigenvalue weighted by atomic mass is 35.5. The summed E-state index contributed by atoms with van der Waals surface area (Å²) in [6.07, 6.45) is -0.395. The number of aromatic nitrogens is 3. The van der Waals surface area contributed by atoms with Crippen molar-refractivity contribution in [3.05, 3.63) is 23.7 Å². The summed E-state index contributed by atoms with van der Waals surface area (Å²) in [6, 6.07) is 1.22. The van der Waals surface area contributed by atoms with Crippen LogP contribution in [0.25, 0.3) is 11.0 Å². The standard InChI is InChI=1S/C22H29ClF2N4O5/c1-4-31-20(30)13-5-7-22(24,25)10-28(13)9-14-15-16(34-21(2,3)33-15)19(32-14)29-8-6-12-17(23)26-11-27-18(12)29/h6,8,11,13-16,19-20,30H,4-5,7,9-10H2,1-3H3/t13?,14-,15-,16-,19-,20?/m1/s1. The first kappa shape index (κ1) is 24.2. The summed E-state index contributed by atoms with van der Waals surface area (Å²) in [4.78, 5) is 9.91. The Bertz CT molecular complexity index is 1040. The number of hydrogen-bond acceptors (Lipinski definition) is 8. The molecule has 3 saturated heterocycles. The molecule has 9 nitrogen and oxygen atoms in total. The number of aliphatic hydroxyl groups is 1. The Hall–Kier alpha value is -1.47. The van der Waals surface area contributed by atoms with Gasteiger partial charge >= 0.3 is 0 Å². The van der Waals surface area contributed by atoms with E-state index in [1.54, 1.807) is 24.1 Å². The summed E-state index contributed by atoms with van der Waals surface area (Å²) in [6.45, 7) is 5.28. The lowest BCUT2D eigenvalue weighted by Crippen LogP contribution is -2.57. The molecule has 6 atom stereocenters. The molecule has 0 bridgehead atoms. The lowest BCUT2D eigenvalue weighted by Gasteiger charge is -2.42. The van der Waals surface area contributed by atoms with Crippen LogP contribution in [0.2, 0.25) is 5.15 Å². The van der Waals surface area contributed by atoms with Crippen LogP contribution in [0.3, 0.4) is 0 Å². The largest absolute Gasteiger partial charge is 0.367 e. The number of aliphatic hydroxyl groups excluding tert-OH is 1. The Labute approximate surface area is 200 Å². The smallest absolute Gasteiger partial charge is 0.260 e. The van der Waals surface area contributed by atoms with Gasteiger partial charge in [0, 0.05) is 25.8 Å². The minimum atomic E-state index is -2.86. The van der Waals surface area contributed by atoms with E-state index in [-0.39, 0.29) is 26.0 Å². The maximum atomic E-state index is 14.4. The van der Waals surface area contributed by atoms with Crippen molar-refractivity contribution in [2.45, 2.75) is 82.2 Å². The van der Waals surface area contributed by atoms with Crippen LogP contribution in [-0.4, -0.2) is 86.6 Å². The highest BCUT2D eigenvalue weighted by molar-refractivity contribution is 6.33. The highest BCUT2D eigenvalue weighted by Gasteiger charge is 2.57. The zero-order chi connectivity index (χ0) is 24.3. The minimum Gasteiger partial charge on any atom is -0.367 e. The van der Waals surface area contributed by atoms with Crippen LogP contribution < -0.4 is 0 Å². The second-order valence-corrected chi connectivity index (χ2v) is 9.85. The molecule has 12 heteroatoms. The Morgan fingerprint density at radius 2 is 2.06 bits per heavy atom. The normalized spacial score (nSPS) is 33.9. The van der Waals surface area contributed by atoms with Gasteiger partial charge in [0.15, 0.2) is 18.3 Å². The molecule has 34 heavy (non-hydrogen) atoms. The van der Waals surface area contributed by atoms with Crippen LogP contribution in [0.1, 0.15) is 39.8 Å². The molecule has 0 amide bonds. The fourth-order valence-electron chi connectivity index (χ4n) is 5.25. The summed E-state index contributed by atoms with van der Waals surface area (Å²) in [5, 5.41) is 11.5. The van der Waals surface area contributed by atoms with E-state index in [2.05, 4.69) is 9.97 Å². The van der Waals surface area contributed by atoms with Gasteiger partial charge in [-0.15, -0.1) is 0 Å². The van der Waals surface area contributed by atoms with E-state index in [0.29, 0.717) is 16.2 Å². The quantitative estimate of drug-likeness (QED) is 0.476. The molecule has 1 N–H and O–H groups in total. The van der Waals surface area contributed by atoms with Gasteiger partial charge in [-0.1, -0.05) is 11.6 Å². The highest BCUT2D eigenvalue weighted by Crippen LogP contribution is 2.45. The Morgan fingerprint density at radius 3 is 2.82 bits per heavy atom. The summed E-state index contributed by atoms with van der Waals surface area (Å²) in [5.74, 6) is -3.74. The van der Waals surface area contributed by atoms with Gasteiger partial charge in [0.1, 0.15) is 35.4 Å². The van der Waals surface area contributed by atoms with Gasteiger partial charge in [-0.05, 0) is 33.3 Å². The van der Waals surface area contributed by atoms with Gasteiger partial charge in [-0.25, -0.2) is 18.7 Å². The predicted molar refractivity (Wildman–Crippen MR) is 117 cm³/mol. The number of hydrogen-bond donors (Lipinski definition) is 1. The number of ether oxygens (including phenoxy) is 4. The van der Waals surface area contributed by atoms with Crippen LogP contribution in [-0.2, 0) is 18.9 Å². The summed E-state index contributed by atoms with van der Waals surface area (Å²) >= 11 is 6.21. The fourth-order valence-corrected chi connectivity index (χ4v) is 5.44. The molecule has 0 aromatic carbocycles. The predicted octanol–water partition coefficient (Wildman–Crippen LogP) is 2.96. The molecular formula is C22H29ClF2N4O5. The van der Waals surface area contributed by atoms with Crippen molar-refractivity contribution >= 4 is 22.6 Å². The number of nitrogens with zero attached hydrogens (tertiary/aromatic N) is 4. The second kappa shape index (κ2) is 8.88. The maximum absolute atomic E-state index is 14.4. The Morgan fingerprint density at radius 1 is 1.29 bits per heavy atom. The van der Waals surface area contributed by atoms with Crippen molar-refractivity contribution in [3.8, 4) is 0 Å². The number of likely N-dealkylation sites (tertiary alicyclic amines) is 1. The van der Waals surface area contributed by atoms with Crippen molar-refractivity contribution in [1.29, 1.82) is 0 Å². The molecule has 2 aromatic heterocycles.